The van der Waals surface area contributed by atoms with E-state index in [-0.39, 0.29) is 23.0 Å². The van der Waals surface area contributed by atoms with E-state index in [1.807, 2.05) is 0 Å². The lowest BCUT2D eigenvalue weighted by Gasteiger charge is -2.13. The lowest BCUT2D eigenvalue weighted by atomic mass is 10.4. The fourth-order valence-electron chi connectivity index (χ4n) is 3.34. The number of carbonyl (C=O) groups excluding carboxylic acids is 1. The molecule has 0 aliphatic carbocycles. The molecule has 0 bridgehead atoms. The van der Waals surface area contributed by atoms with Crippen molar-refractivity contribution in [1.82, 2.24) is 23.6 Å². The minimum atomic E-state index is -3.56. The quantitative estimate of drug-likeness (QED) is 0.682. The van der Waals surface area contributed by atoms with Crippen LogP contribution in [0.25, 0.3) is 5.65 Å². The average Bonchev–Trinajstić information content (AvgIpc) is 3.38. The highest BCUT2D eigenvalue weighted by molar-refractivity contribution is 7.89. The third-order valence-corrected chi connectivity index (χ3v) is 6.90. The number of rotatable bonds is 5. The fourth-order valence-corrected chi connectivity index (χ4v) is 5.10. The van der Waals surface area contributed by atoms with Crippen molar-refractivity contribution in [2.24, 2.45) is 7.05 Å². The maximum atomic E-state index is 12.7. The first kappa shape index (κ1) is 19.0. The number of carbonyl (C=O) groups is 1. The lowest BCUT2D eigenvalue weighted by molar-refractivity contribution is 0.0942. The monoisotopic (exact) mass is 421 g/mol. The number of aromatic nitrogens is 3. The largest absolute Gasteiger partial charge is 0.345 e. The van der Waals surface area contributed by atoms with Gasteiger partial charge in [0, 0.05) is 38.7 Å². The van der Waals surface area contributed by atoms with Gasteiger partial charge < -0.3 is 14.3 Å². The standard InChI is InChI=1S/C18H20ClN5O3S/c1-22-12-15(28(26,27)24-6-2-3-7-24)8-16(22)18(25)20-9-14-11-23-10-13(19)4-5-17(23)21-14/h4-5,8,10-12H,2-3,6-7,9H2,1H3,(H,20,25). The van der Waals surface area contributed by atoms with Gasteiger partial charge in [0.05, 0.1) is 17.3 Å². The van der Waals surface area contributed by atoms with Crippen LogP contribution in [0.1, 0.15) is 29.0 Å². The summed E-state index contributed by atoms with van der Waals surface area (Å²) in [6.07, 6.45) is 6.74. The first-order valence-electron chi connectivity index (χ1n) is 8.92. The third kappa shape index (κ3) is 3.52. The molecule has 1 amide bonds. The molecule has 0 unspecified atom stereocenters. The summed E-state index contributed by atoms with van der Waals surface area (Å²) in [4.78, 5) is 17.1. The number of fused-ring (bicyclic) bond motifs is 1. The number of nitrogens with zero attached hydrogens (tertiary/aromatic N) is 4. The molecule has 0 saturated carbocycles. The number of nitrogens with one attached hydrogen (secondary N) is 1. The van der Waals surface area contributed by atoms with Crippen LogP contribution in [0.2, 0.25) is 5.02 Å². The zero-order valence-corrected chi connectivity index (χ0v) is 16.9. The number of imidazole rings is 1. The molecule has 0 atom stereocenters. The SMILES string of the molecule is Cn1cc(S(=O)(=O)N2CCCC2)cc1C(=O)NCc1cn2cc(Cl)ccc2n1. The molecule has 4 rings (SSSR count). The number of halogens is 1. The second kappa shape index (κ2) is 7.23. The second-order valence-corrected chi connectivity index (χ2v) is 9.19. The Morgan fingerprint density at radius 3 is 2.71 bits per heavy atom. The number of hydrogen-bond acceptors (Lipinski definition) is 4. The maximum absolute atomic E-state index is 12.7. The summed E-state index contributed by atoms with van der Waals surface area (Å²) in [5, 5.41) is 3.38. The Kier molecular flexibility index (Phi) is 4.90. The Labute approximate surface area is 167 Å². The predicted octanol–water partition coefficient (Wildman–Crippen LogP) is 2.04. The van der Waals surface area contributed by atoms with Crippen LogP contribution in [0, 0.1) is 0 Å². The van der Waals surface area contributed by atoms with Crippen LogP contribution in [0.5, 0.6) is 0 Å². The fraction of sp³-hybridized carbons (Fsp3) is 0.333. The Morgan fingerprint density at radius 2 is 1.96 bits per heavy atom. The normalized spacial score (nSPS) is 15.4. The number of pyridine rings is 1. The van der Waals surface area contributed by atoms with Gasteiger partial charge in [0.1, 0.15) is 16.2 Å². The first-order chi connectivity index (χ1) is 13.3. The van der Waals surface area contributed by atoms with E-state index in [9.17, 15) is 13.2 Å². The van der Waals surface area contributed by atoms with Crippen LogP contribution in [-0.4, -0.2) is 45.7 Å². The molecule has 1 saturated heterocycles. The Bertz CT molecular complexity index is 1150. The van der Waals surface area contributed by atoms with Crippen molar-refractivity contribution in [1.29, 1.82) is 0 Å². The van der Waals surface area contributed by atoms with Crippen molar-refractivity contribution >= 4 is 33.2 Å². The molecule has 10 heteroatoms. The molecular formula is C18H20ClN5O3S. The molecule has 3 aromatic heterocycles. The molecule has 8 nitrogen and oxygen atoms in total. The first-order valence-corrected chi connectivity index (χ1v) is 10.7. The highest BCUT2D eigenvalue weighted by Gasteiger charge is 2.29. The van der Waals surface area contributed by atoms with Gasteiger partial charge in [0.25, 0.3) is 5.91 Å². The molecule has 1 N–H and O–H groups in total. The van der Waals surface area contributed by atoms with Gasteiger partial charge in [0.15, 0.2) is 0 Å². The van der Waals surface area contributed by atoms with Crippen LogP contribution >= 0.6 is 11.6 Å². The summed E-state index contributed by atoms with van der Waals surface area (Å²) in [6.45, 7) is 1.27. The van der Waals surface area contributed by atoms with Crippen LogP contribution in [0.4, 0.5) is 0 Å². The second-order valence-electron chi connectivity index (χ2n) is 6.81. The summed E-state index contributed by atoms with van der Waals surface area (Å²) in [5.41, 5.74) is 1.69. The molecule has 148 valence electrons. The summed E-state index contributed by atoms with van der Waals surface area (Å²) >= 11 is 5.97. The van der Waals surface area contributed by atoms with Crippen LogP contribution < -0.4 is 5.32 Å². The Hall–Kier alpha value is -2.36. The highest BCUT2D eigenvalue weighted by Crippen LogP contribution is 2.22. The molecule has 1 aliphatic rings. The molecule has 1 fully saturated rings. The van der Waals surface area contributed by atoms with Gasteiger partial charge in [-0.15, -0.1) is 0 Å². The van der Waals surface area contributed by atoms with Gasteiger partial charge in [-0.1, -0.05) is 11.6 Å². The number of aryl methyl sites for hydroxylation is 1. The van der Waals surface area contributed by atoms with Gasteiger partial charge in [-0.3, -0.25) is 4.79 Å². The number of sulfonamides is 1. The van der Waals surface area contributed by atoms with E-state index >= 15 is 0 Å². The minimum absolute atomic E-state index is 0.143. The van der Waals surface area contributed by atoms with Gasteiger partial charge in [-0.05, 0) is 31.0 Å². The van der Waals surface area contributed by atoms with Gasteiger partial charge in [-0.2, -0.15) is 4.31 Å². The summed E-state index contributed by atoms with van der Waals surface area (Å²) in [6, 6.07) is 4.96. The topological polar surface area (TPSA) is 88.7 Å². The molecule has 3 aromatic rings. The van der Waals surface area contributed by atoms with E-state index in [1.54, 1.807) is 36.0 Å². The average molecular weight is 422 g/mol. The van der Waals surface area contributed by atoms with Gasteiger partial charge in [-0.25, -0.2) is 13.4 Å². The molecule has 28 heavy (non-hydrogen) atoms. The smallest absolute Gasteiger partial charge is 0.268 e. The van der Waals surface area contributed by atoms with E-state index < -0.39 is 10.0 Å². The molecule has 0 radical (unpaired) electrons. The summed E-state index contributed by atoms with van der Waals surface area (Å²) in [5.74, 6) is -0.361. The molecule has 4 heterocycles. The van der Waals surface area contributed by atoms with Crippen molar-refractivity contribution in [2.45, 2.75) is 24.3 Å². The van der Waals surface area contributed by atoms with Crippen molar-refractivity contribution in [3.63, 3.8) is 0 Å². The lowest BCUT2D eigenvalue weighted by Crippen LogP contribution is -2.27. The van der Waals surface area contributed by atoms with E-state index in [2.05, 4.69) is 10.3 Å². The molecule has 0 aromatic carbocycles. The maximum Gasteiger partial charge on any atom is 0.268 e. The molecule has 0 spiro atoms. The summed E-state index contributed by atoms with van der Waals surface area (Å²) in [7, 11) is -1.90. The Morgan fingerprint density at radius 1 is 1.21 bits per heavy atom. The van der Waals surface area contributed by atoms with Crippen molar-refractivity contribution < 1.29 is 13.2 Å². The zero-order valence-electron chi connectivity index (χ0n) is 15.3. The predicted molar refractivity (Wildman–Crippen MR) is 105 cm³/mol. The van der Waals surface area contributed by atoms with Crippen LogP contribution in [0.3, 0.4) is 0 Å². The molecular weight excluding hydrogens is 402 g/mol. The van der Waals surface area contributed by atoms with Crippen molar-refractivity contribution in [2.75, 3.05) is 13.1 Å². The third-order valence-electron chi connectivity index (χ3n) is 4.81. The van der Waals surface area contributed by atoms with Gasteiger partial charge in [0.2, 0.25) is 10.0 Å². The van der Waals surface area contributed by atoms with E-state index in [4.69, 9.17) is 11.6 Å². The van der Waals surface area contributed by atoms with Crippen molar-refractivity contribution in [3.05, 3.63) is 53.2 Å². The van der Waals surface area contributed by atoms with E-state index in [1.165, 1.54) is 21.1 Å². The minimum Gasteiger partial charge on any atom is -0.345 e. The van der Waals surface area contributed by atoms with Gasteiger partial charge >= 0.3 is 0 Å². The highest BCUT2D eigenvalue weighted by atomic mass is 35.5. The van der Waals surface area contributed by atoms with Crippen molar-refractivity contribution in [3.8, 4) is 0 Å². The van der Waals surface area contributed by atoms with Crippen LogP contribution in [0.15, 0.2) is 41.7 Å². The zero-order chi connectivity index (χ0) is 19.9. The van der Waals surface area contributed by atoms with E-state index in [0.29, 0.717) is 23.8 Å². The van der Waals surface area contributed by atoms with E-state index in [0.717, 1.165) is 18.5 Å². The number of amides is 1. The Balaban J connectivity index is 1.49. The molecule has 1 aliphatic heterocycles. The van der Waals surface area contributed by atoms with Crippen LogP contribution in [-0.2, 0) is 23.6 Å². The number of hydrogen-bond donors (Lipinski definition) is 1. The summed E-state index contributed by atoms with van der Waals surface area (Å²) < 4.78 is 30.2.